The summed E-state index contributed by atoms with van der Waals surface area (Å²) in [7, 11) is -2.17. The van der Waals surface area contributed by atoms with Crippen molar-refractivity contribution in [3.63, 3.8) is 0 Å². The molecule has 2 aromatic rings. The predicted molar refractivity (Wildman–Crippen MR) is 132 cm³/mol. The van der Waals surface area contributed by atoms with E-state index in [2.05, 4.69) is 108 Å². The fourth-order valence-corrected chi connectivity index (χ4v) is 7.84. The summed E-state index contributed by atoms with van der Waals surface area (Å²) >= 11 is 0. The van der Waals surface area contributed by atoms with Gasteiger partial charge in [0.25, 0.3) is 0 Å². The van der Waals surface area contributed by atoms with Crippen molar-refractivity contribution in [3.05, 3.63) is 78.3 Å². The first kappa shape index (κ1) is 23.1. The lowest BCUT2D eigenvalue weighted by molar-refractivity contribution is 0.00578. The first-order chi connectivity index (χ1) is 14.0. The van der Waals surface area contributed by atoms with Crippen LogP contribution in [0.2, 0.25) is 18.6 Å². The van der Waals surface area contributed by atoms with Gasteiger partial charge in [-0.1, -0.05) is 78.9 Å². The van der Waals surface area contributed by atoms with Crippen LogP contribution in [0, 0.1) is 0 Å². The zero-order chi connectivity index (χ0) is 22.0. The molecule has 0 amide bonds. The number of hydrogen-bond donors (Lipinski definition) is 0. The van der Waals surface area contributed by atoms with E-state index in [1.807, 2.05) is 0 Å². The SMILES string of the molecule is C=C(B1OC(C)(C)C(C)(C)O1)C(CCCc1ccccc1)[Si](C)(C)c1ccccc1. The van der Waals surface area contributed by atoms with Gasteiger partial charge in [-0.25, -0.2) is 0 Å². The molecule has 4 heteroatoms. The monoisotopic (exact) mass is 420 g/mol. The highest BCUT2D eigenvalue weighted by Gasteiger charge is 2.54. The van der Waals surface area contributed by atoms with E-state index >= 15 is 0 Å². The zero-order valence-electron chi connectivity index (χ0n) is 19.6. The molecule has 160 valence electrons. The molecule has 1 fully saturated rings. The number of aryl methyl sites for hydroxylation is 1. The highest BCUT2D eigenvalue weighted by atomic mass is 28.3. The predicted octanol–water partition coefficient (Wildman–Crippen LogP) is 6.18. The lowest BCUT2D eigenvalue weighted by Crippen LogP contribution is -2.48. The summed E-state index contributed by atoms with van der Waals surface area (Å²) in [6, 6.07) is 21.7. The molecule has 2 aromatic carbocycles. The molecule has 0 saturated carbocycles. The molecule has 0 radical (unpaired) electrons. The van der Waals surface area contributed by atoms with Crippen molar-refractivity contribution >= 4 is 20.4 Å². The average Bonchev–Trinajstić information content (AvgIpc) is 2.93. The summed E-state index contributed by atoms with van der Waals surface area (Å²) in [6.45, 7) is 18.0. The van der Waals surface area contributed by atoms with E-state index in [0.29, 0.717) is 5.54 Å². The van der Waals surface area contributed by atoms with E-state index in [0.717, 1.165) is 24.7 Å². The fraction of sp³-hybridized carbons (Fsp3) is 0.462. The van der Waals surface area contributed by atoms with Gasteiger partial charge in [-0.3, -0.25) is 0 Å². The molecule has 0 N–H and O–H groups in total. The molecule has 0 bridgehead atoms. The Morgan fingerprint density at radius 2 is 1.40 bits per heavy atom. The molecule has 0 aliphatic carbocycles. The molecule has 1 atom stereocenters. The molecule has 0 spiro atoms. The van der Waals surface area contributed by atoms with Gasteiger partial charge in [0.1, 0.15) is 0 Å². The van der Waals surface area contributed by atoms with Crippen LogP contribution in [0.4, 0.5) is 0 Å². The van der Waals surface area contributed by atoms with Crippen LogP contribution in [-0.2, 0) is 15.7 Å². The lowest BCUT2D eigenvalue weighted by atomic mass is 9.76. The summed E-state index contributed by atoms with van der Waals surface area (Å²) in [5.41, 5.74) is 2.22. The Kier molecular flexibility index (Phi) is 6.81. The topological polar surface area (TPSA) is 18.5 Å². The van der Waals surface area contributed by atoms with Crippen LogP contribution in [0.5, 0.6) is 0 Å². The van der Waals surface area contributed by atoms with Crippen LogP contribution in [0.25, 0.3) is 0 Å². The van der Waals surface area contributed by atoms with E-state index in [9.17, 15) is 0 Å². The minimum Gasteiger partial charge on any atom is -0.400 e. The Morgan fingerprint density at radius 1 is 0.900 bits per heavy atom. The lowest BCUT2D eigenvalue weighted by Gasteiger charge is -2.35. The summed E-state index contributed by atoms with van der Waals surface area (Å²) in [5, 5.41) is 1.47. The fourth-order valence-electron chi connectivity index (χ4n) is 4.39. The summed E-state index contributed by atoms with van der Waals surface area (Å²) in [5.74, 6) is 0. The van der Waals surface area contributed by atoms with Crippen LogP contribution in [-0.4, -0.2) is 26.4 Å². The number of benzene rings is 2. The first-order valence-corrected chi connectivity index (χ1v) is 14.3. The Morgan fingerprint density at radius 3 is 1.93 bits per heavy atom. The number of hydrogen-bond acceptors (Lipinski definition) is 2. The van der Waals surface area contributed by atoms with E-state index in [1.54, 1.807) is 0 Å². The van der Waals surface area contributed by atoms with Crippen molar-refractivity contribution in [1.82, 2.24) is 0 Å². The highest BCUT2D eigenvalue weighted by molar-refractivity contribution is 6.92. The molecule has 2 nitrogen and oxygen atoms in total. The molecule has 1 heterocycles. The number of allylic oxidation sites excluding steroid dienone is 1. The van der Waals surface area contributed by atoms with Gasteiger partial charge in [0.15, 0.2) is 0 Å². The van der Waals surface area contributed by atoms with Crippen molar-refractivity contribution < 1.29 is 9.31 Å². The van der Waals surface area contributed by atoms with E-state index in [1.165, 1.54) is 10.8 Å². The molecule has 1 saturated heterocycles. The largest absolute Gasteiger partial charge is 0.489 e. The Hall–Kier alpha value is -1.62. The quantitative estimate of drug-likeness (QED) is 0.475. The van der Waals surface area contributed by atoms with Gasteiger partial charge in [-0.2, -0.15) is 0 Å². The van der Waals surface area contributed by atoms with E-state index in [-0.39, 0.29) is 18.3 Å². The second-order valence-electron chi connectivity index (χ2n) is 10.2. The van der Waals surface area contributed by atoms with Crippen LogP contribution >= 0.6 is 0 Å². The van der Waals surface area contributed by atoms with Gasteiger partial charge in [0.05, 0.1) is 19.3 Å². The van der Waals surface area contributed by atoms with Crippen molar-refractivity contribution in [2.45, 2.75) is 76.8 Å². The van der Waals surface area contributed by atoms with Crippen LogP contribution in [0.1, 0.15) is 46.1 Å². The molecular weight excluding hydrogens is 383 g/mol. The summed E-state index contributed by atoms with van der Waals surface area (Å²) in [6.07, 6.45) is 3.33. The van der Waals surface area contributed by atoms with Gasteiger partial charge in [-0.05, 0) is 63.5 Å². The van der Waals surface area contributed by atoms with Gasteiger partial charge in [-0.15, -0.1) is 6.58 Å². The smallest absolute Gasteiger partial charge is 0.400 e. The van der Waals surface area contributed by atoms with Crippen LogP contribution in [0.3, 0.4) is 0 Å². The Balaban J connectivity index is 1.83. The van der Waals surface area contributed by atoms with Gasteiger partial charge < -0.3 is 9.31 Å². The zero-order valence-corrected chi connectivity index (χ0v) is 20.6. The third-order valence-corrected chi connectivity index (χ3v) is 11.4. The van der Waals surface area contributed by atoms with Gasteiger partial charge in [0.2, 0.25) is 0 Å². The minimum absolute atomic E-state index is 0.340. The maximum Gasteiger partial charge on any atom is 0.489 e. The maximum absolute atomic E-state index is 6.40. The first-order valence-electron chi connectivity index (χ1n) is 11.2. The van der Waals surface area contributed by atoms with Crippen molar-refractivity contribution in [2.75, 3.05) is 0 Å². The normalized spacial score (nSPS) is 18.9. The third kappa shape index (κ3) is 4.82. The van der Waals surface area contributed by atoms with Gasteiger partial charge in [0, 0.05) is 0 Å². The summed E-state index contributed by atoms with van der Waals surface area (Å²) < 4.78 is 12.8. The standard InChI is InChI=1S/C26H37BO2Si/c1-21(27-28-25(2,3)26(4,5)29-27)24(20-14-17-22-15-10-8-11-16-22)30(6,7)23-18-12-9-13-19-23/h8-13,15-16,18-19,24H,1,14,17,20H2,2-7H3. The van der Waals surface area contributed by atoms with Crippen molar-refractivity contribution in [2.24, 2.45) is 0 Å². The molecule has 1 unspecified atom stereocenters. The molecule has 1 aliphatic heterocycles. The second kappa shape index (κ2) is 8.86. The van der Waals surface area contributed by atoms with E-state index in [4.69, 9.17) is 9.31 Å². The average molecular weight is 420 g/mol. The van der Waals surface area contributed by atoms with Crippen LogP contribution in [0.15, 0.2) is 72.7 Å². The third-order valence-electron chi connectivity index (χ3n) is 7.19. The number of rotatable bonds is 8. The Labute approximate surface area is 184 Å². The second-order valence-corrected chi connectivity index (χ2v) is 14.9. The molecular formula is C26H37BO2Si. The van der Waals surface area contributed by atoms with Crippen molar-refractivity contribution in [3.8, 4) is 0 Å². The maximum atomic E-state index is 6.40. The minimum atomic E-state index is -1.83. The molecule has 1 aliphatic rings. The summed E-state index contributed by atoms with van der Waals surface area (Å²) in [4.78, 5) is 0. The Bertz CT molecular complexity index is 830. The molecule has 30 heavy (non-hydrogen) atoms. The molecule has 0 aromatic heterocycles. The highest BCUT2D eigenvalue weighted by Crippen LogP contribution is 2.43. The van der Waals surface area contributed by atoms with Crippen molar-refractivity contribution in [1.29, 1.82) is 0 Å². The molecule has 3 rings (SSSR count). The van der Waals surface area contributed by atoms with E-state index < -0.39 is 8.07 Å². The van der Waals surface area contributed by atoms with Gasteiger partial charge >= 0.3 is 7.12 Å². The van der Waals surface area contributed by atoms with Crippen LogP contribution < -0.4 is 5.19 Å².